The van der Waals surface area contributed by atoms with Gasteiger partial charge in [0.2, 0.25) is 10.0 Å². The zero-order valence-electron chi connectivity index (χ0n) is 13.4. The SMILES string of the molecule is Cc1ccc(S(=O)(=O)NC(c2ccccc2)C2CCCC2)cc1. The molecule has 2 aromatic carbocycles. The minimum atomic E-state index is -3.51. The zero-order chi connectivity index (χ0) is 16.3. The fourth-order valence-electron chi connectivity index (χ4n) is 3.34. The zero-order valence-corrected chi connectivity index (χ0v) is 14.2. The van der Waals surface area contributed by atoms with E-state index >= 15 is 0 Å². The lowest BCUT2D eigenvalue weighted by molar-refractivity contribution is 0.410. The predicted molar refractivity (Wildman–Crippen MR) is 92.6 cm³/mol. The lowest BCUT2D eigenvalue weighted by Gasteiger charge is -2.25. The third-order valence-corrected chi connectivity index (χ3v) is 6.10. The van der Waals surface area contributed by atoms with Gasteiger partial charge in [-0.05, 0) is 43.4 Å². The Balaban J connectivity index is 1.90. The predicted octanol–water partition coefficient (Wildman–Crippen LogP) is 4.20. The van der Waals surface area contributed by atoms with Crippen molar-refractivity contribution in [3.05, 3.63) is 65.7 Å². The third kappa shape index (κ3) is 3.82. The van der Waals surface area contributed by atoms with E-state index in [1.807, 2.05) is 49.4 Å². The topological polar surface area (TPSA) is 46.2 Å². The van der Waals surface area contributed by atoms with Gasteiger partial charge in [0.25, 0.3) is 0 Å². The van der Waals surface area contributed by atoms with Gasteiger partial charge in [-0.1, -0.05) is 60.9 Å². The van der Waals surface area contributed by atoms with Gasteiger partial charge in [0.1, 0.15) is 0 Å². The quantitative estimate of drug-likeness (QED) is 0.893. The lowest BCUT2D eigenvalue weighted by atomic mass is 9.93. The molecule has 0 heterocycles. The highest BCUT2D eigenvalue weighted by atomic mass is 32.2. The fraction of sp³-hybridized carbons (Fsp3) is 0.368. The van der Waals surface area contributed by atoms with Gasteiger partial charge in [0.15, 0.2) is 0 Å². The van der Waals surface area contributed by atoms with Crippen molar-refractivity contribution >= 4 is 10.0 Å². The second-order valence-electron chi connectivity index (χ2n) is 6.37. The fourth-order valence-corrected chi connectivity index (χ4v) is 4.63. The van der Waals surface area contributed by atoms with Gasteiger partial charge in [-0.25, -0.2) is 13.1 Å². The van der Waals surface area contributed by atoms with Crippen LogP contribution in [0.5, 0.6) is 0 Å². The van der Waals surface area contributed by atoms with Crippen LogP contribution in [-0.2, 0) is 10.0 Å². The normalized spacial score (nSPS) is 17.3. The molecule has 1 saturated carbocycles. The molecular formula is C19H23NO2S. The van der Waals surface area contributed by atoms with Gasteiger partial charge in [-0.15, -0.1) is 0 Å². The molecule has 1 unspecified atom stereocenters. The smallest absolute Gasteiger partial charge is 0.207 e. The van der Waals surface area contributed by atoms with Crippen molar-refractivity contribution in [2.24, 2.45) is 5.92 Å². The lowest BCUT2D eigenvalue weighted by Crippen LogP contribution is -2.32. The van der Waals surface area contributed by atoms with Crippen LogP contribution in [0.2, 0.25) is 0 Å². The summed E-state index contributed by atoms with van der Waals surface area (Å²) in [4.78, 5) is 0.335. The molecule has 0 bridgehead atoms. The van der Waals surface area contributed by atoms with Crippen LogP contribution in [0, 0.1) is 12.8 Å². The standard InChI is InChI=1S/C19H23NO2S/c1-15-11-13-18(14-12-15)23(21,22)20-19(17-9-5-6-10-17)16-7-3-2-4-8-16/h2-4,7-8,11-14,17,19-20H,5-6,9-10H2,1H3. The molecule has 0 saturated heterocycles. The molecule has 1 N–H and O–H groups in total. The number of benzene rings is 2. The maximum Gasteiger partial charge on any atom is 0.241 e. The summed E-state index contributed by atoms with van der Waals surface area (Å²) in [6.45, 7) is 1.95. The van der Waals surface area contributed by atoms with Crippen LogP contribution in [0.4, 0.5) is 0 Å². The maximum atomic E-state index is 12.8. The number of rotatable bonds is 5. The van der Waals surface area contributed by atoms with Crippen molar-refractivity contribution in [1.82, 2.24) is 4.72 Å². The highest BCUT2D eigenvalue weighted by Crippen LogP contribution is 2.36. The Morgan fingerprint density at radius 2 is 1.57 bits per heavy atom. The van der Waals surface area contributed by atoms with Crippen molar-refractivity contribution in [2.45, 2.75) is 43.5 Å². The van der Waals surface area contributed by atoms with E-state index in [0.29, 0.717) is 10.8 Å². The highest BCUT2D eigenvalue weighted by molar-refractivity contribution is 7.89. The number of sulfonamides is 1. The van der Waals surface area contributed by atoms with Gasteiger partial charge in [-0.2, -0.15) is 0 Å². The summed E-state index contributed by atoms with van der Waals surface area (Å²) in [7, 11) is -3.51. The molecule has 1 aliphatic carbocycles. The van der Waals surface area contributed by atoms with Crippen LogP contribution in [0.3, 0.4) is 0 Å². The minimum absolute atomic E-state index is 0.148. The number of aryl methyl sites for hydroxylation is 1. The number of hydrogen-bond acceptors (Lipinski definition) is 2. The van der Waals surface area contributed by atoms with Crippen molar-refractivity contribution < 1.29 is 8.42 Å². The van der Waals surface area contributed by atoms with Crippen LogP contribution in [0.25, 0.3) is 0 Å². The first-order valence-electron chi connectivity index (χ1n) is 8.20. The Morgan fingerprint density at radius 3 is 2.17 bits per heavy atom. The van der Waals surface area contributed by atoms with Crippen LogP contribution < -0.4 is 4.72 Å². The van der Waals surface area contributed by atoms with Gasteiger partial charge >= 0.3 is 0 Å². The first kappa shape index (κ1) is 16.2. The molecule has 0 spiro atoms. The molecule has 3 rings (SSSR count). The monoisotopic (exact) mass is 329 g/mol. The van der Waals surface area contributed by atoms with Gasteiger partial charge in [0.05, 0.1) is 4.90 Å². The largest absolute Gasteiger partial charge is 0.241 e. The Hall–Kier alpha value is -1.65. The van der Waals surface area contributed by atoms with Gasteiger partial charge in [-0.3, -0.25) is 0 Å². The van der Waals surface area contributed by atoms with Crippen molar-refractivity contribution in [3.8, 4) is 0 Å². The van der Waals surface area contributed by atoms with E-state index in [2.05, 4.69) is 4.72 Å². The summed E-state index contributed by atoms with van der Waals surface area (Å²) in [5.74, 6) is 0.373. The first-order chi connectivity index (χ1) is 11.1. The van der Waals surface area contributed by atoms with E-state index in [0.717, 1.165) is 24.0 Å². The Kier molecular flexibility index (Phi) is 4.83. The summed E-state index contributed by atoms with van der Waals surface area (Å²) in [6, 6.07) is 16.8. The second kappa shape index (κ2) is 6.85. The Morgan fingerprint density at radius 1 is 0.957 bits per heavy atom. The van der Waals surface area contributed by atoms with Crippen molar-refractivity contribution in [3.63, 3.8) is 0 Å². The molecule has 0 aromatic heterocycles. The van der Waals surface area contributed by atoms with E-state index in [-0.39, 0.29) is 6.04 Å². The number of nitrogens with one attached hydrogen (secondary N) is 1. The molecule has 2 aromatic rings. The van der Waals surface area contributed by atoms with Crippen molar-refractivity contribution in [2.75, 3.05) is 0 Å². The average molecular weight is 329 g/mol. The summed E-state index contributed by atoms with van der Waals surface area (Å²) in [5, 5.41) is 0. The summed E-state index contributed by atoms with van der Waals surface area (Å²) < 4.78 is 28.5. The molecule has 1 aliphatic rings. The molecule has 1 atom stereocenters. The van der Waals surface area contributed by atoms with E-state index < -0.39 is 10.0 Å². The van der Waals surface area contributed by atoms with Crippen LogP contribution in [0.1, 0.15) is 42.9 Å². The van der Waals surface area contributed by atoms with E-state index in [1.165, 1.54) is 12.8 Å². The van der Waals surface area contributed by atoms with E-state index in [4.69, 9.17) is 0 Å². The van der Waals surface area contributed by atoms with E-state index in [1.54, 1.807) is 12.1 Å². The third-order valence-electron chi connectivity index (χ3n) is 4.64. The van der Waals surface area contributed by atoms with E-state index in [9.17, 15) is 8.42 Å². The molecule has 0 amide bonds. The highest BCUT2D eigenvalue weighted by Gasteiger charge is 2.30. The second-order valence-corrected chi connectivity index (χ2v) is 8.08. The van der Waals surface area contributed by atoms with Crippen LogP contribution >= 0.6 is 0 Å². The molecule has 23 heavy (non-hydrogen) atoms. The Bertz CT molecular complexity index is 733. The summed E-state index contributed by atoms with van der Waals surface area (Å²) >= 11 is 0. The maximum absolute atomic E-state index is 12.8. The van der Waals surface area contributed by atoms with Gasteiger partial charge < -0.3 is 0 Å². The molecule has 3 nitrogen and oxygen atoms in total. The van der Waals surface area contributed by atoms with Crippen LogP contribution in [0.15, 0.2) is 59.5 Å². The van der Waals surface area contributed by atoms with Crippen molar-refractivity contribution in [1.29, 1.82) is 0 Å². The summed E-state index contributed by atoms with van der Waals surface area (Å²) in [6.07, 6.45) is 4.52. The minimum Gasteiger partial charge on any atom is -0.207 e. The van der Waals surface area contributed by atoms with Gasteiger partial charge in [0, 0.05) is 6.04 Å². The number of hydrogen-bond donors (Lipinski definition) is 1. The molecule has 0 radical (unpaired) electrons. The summed E-state index contributed by atoms with van der Waals surface area (Å²) in [5.41, 5.74) is 2.11. The molecule has 122 valence electrons. The molecule has 0 aliphatic heterocycles. The average Bonchev–Trinajstić information content (AvgIpc) is 3.08. The first-order valence-corrected chi connectivity index (χ1v) is 9.68. The molecule has 4 heteroatoms. The molecular weight excluding hydrogens is 306 g/mol. The molecule has 1 fully saturated rings. The Labute approximate surface area is 138 Å². The van der Waals surface area contributed by atoms with Crippen LogP contribution in [-0.4, -0.2) is 8.42 Å².